The second kappa shape index (κ2) is 7.74. The van der Waals surface area contributed by atoms with Gasteiger partial charge in [-0.15, -0.1) is 0 Å². The lowest BCUT2D eigenvalue weighted by Gasteiger charge is -2.13. The van der Waals surface area contributed by atoms with Gasteiger partial charge in [0.1, 0.15) is 0 Å². The van der Waals surface area contributed by atoms with Crippen LogP contribution in [0.3, 0.4) is 0 Å². The maximum Gasteiger partial charge on any atom is 0.241 e. The molecule has 0 spiro atoms. The van der Waals surface area contributed by atoms with E-state index < -0.39 is 6.04 Å². The molecule has 1 aromatic rings. The van der Waals surface area contributed by atoms with Crippen LogP contribution in [0.5, 0.6) is 0 Å². The minimum Gasteiger partial charge on any atom is -0.385 e. The van der Waals surface area contributed by atoms with E-state index in [0.717, 1.165) is 10.9 Å². The van der Waals surface area contributed by atoms with Crippen molar-refractivity contribution in [3.8, 4) is 0 Å². The van der Waals surface area contributed by atoms with Gasteiger partial charge < -0.3 is 15.8 Å². The zero-order valence-corrected chi connectivity index (χ0v) is 12.4. The molecular weight excluding hydrogens is 320 g/mol. The van der Waals surface area contributed by atoms with Crippen LogP contribution in [0.25, 0.3) is 0 Å². The van der Waals surface area contributed by atoms with E-state index in [1.54, 1.807) is 25.3 Å². The van der Waals surface area contributed by atoms with Crippen molar-refractivity contribution in [3.05, 3.63) is 27.7 Å². The Morgan fingerprint density at radius 3 is 3.00 bits per heavy atom. The number of halogens is 2. The van der Waals surface area contributed by atoms with Gasteiger partial charge in [0.25, 0.3) is 0 Å². The number of nitrogens with two attached hydrogens (primary N) is 1. The van der Waals surface area contributed by atoms with Crippen LogP contribution < -0.4 is 11.1 Å². The van der Waals surface area contributed by atoms with Gasteiger partial charge in [-0.2, -0.15) is 0 Å². The lowest BCUT2D eigenvalue weighted by atomic mass is 10.1. The lowest BCUT2D eigenvalue weighted by Crippen LogP contribution is -2.35. The molecule has 0 aliphatic rings. The van der Waals surface area contributed by atoms with Gasteiger partial charge in [-0.1, -0.05) is 11.6 Å². The first-order valence-electron chi connectivity index (χ1n) is 5.55. The average molecular weight is 336 g/mol. The van der Waals surface area contributed by atoms with Gasteiger partial charge in [0.15, 0.2) is 0 Å². The summed E-state index contributed by atoms with van der Waals surface area (Å²) in [5, 5.41) is 3.30. The van der Waals surface area contributed by atoms with E-state index in [-0.39, 0.29) is 5.91 Å². The Labute approximate surface area is 120 Å². The molecule has 1 aromatic carbocycles. The number of carbonyl (C=O) groups excluding carboxylic acids is 1. The monoisotopic (exact) mass is 334 g/mol. The van der Waals surface area contributed by atoms with Gasteiger partial charge in [-0.25, -0.2) is 0 Å². The molecule has 1 rings (SSSR count). The average Bonchev–Trinajstić information content (AvgIpc) is 2.34. The quantitative estimate of drug-likeness (QED) is 0.786. The zero-order valence-electron chi connectivity index (χ0n) is 10.1. The Morgan fingerprint density at radius 1 is 1.61 bits per heavy atom. The normalized spacial score (nSPS) is 12.2. The molecule has 1 unspecified atom stereocenters. The molecule has 0 saturated heterocycles. The Morgan fingerprint density at radius 2 is 2.33 bits per heavy atom. The van der Waals surface area contributed by atoms with Gasteiger partial charge >= 0.3 is 0 Å². The molecular formula is C12H16BrClN2O2. The smallest absolute Gasteiger partial charge is 0.241 e. The van der Waals surface area contributed by atoms with Crippen molar-refractivity contribution in [2.75, 3.05) is 19.0 Å². The summed E-state index contributed by atoms with van der Waals surface area (Å²) in [5.74, 6) is -0.228. The van der Waals surface area contributed by atoms with E-state index in [1.807, 2.05) is 0 Å². The van der Waals surface area contributed by atoms with Crippen molar-refractivity contribution in [1.82, 2.24) is 0 Å². The van der Waals surface area contributed by atoms with Crippen LogP contribution in [0.15, 0.2) is 22.7 Å². The number of hydrogen-bond acceptors (Lipinski definition) is 3. The van der Waals surface area contributed by atoms with Gasteiger partial charge in [0, 0.05) is 23.2 Å². The van der Waals surface area contributed by atoms with Gasteiger partial charge in [0.2, 0.25) is 5.91 Å². The SMILES string of the molecule is COCCCC(N)C(=O)Nc1cc(Cl)ccc1Br. The third-order valence-electron chi connectivity index (χ3n) is 2.39. The summed E-state index contributed by atoms with van der Waals surface area (Å²) in [6, 6.07) is 4.63. The van der Waals surface area contributed by atoms with Gasteiger partial charge in [0.05, 0.1) is 11.7 Å². The number of hydrogen-bond donors (Lipinski definition) is 2. The summed E-state index contributed by atoms with van der Waals surface area (Å²) in [6.07, 6.45) is 1.33. The second-order valence-electron chi connectivity index (χ2n) is 3.85. The maximum atomic E-state index is 11.8. The molecule has 0 bridgehead atoms. The Hall–Kier alpha value is -0.620. The highest BCUT2D eigenvalue weighted by molar-refractivity contribution is 9.10. The van der Waals surface area contributed by atoms with Crippen LogP contribution >= 0.6 is 27.5 Å². The molecule has 100 valence electrons. The van der Waals surface area contributed by atoms with Crippen LogP contribution in [0.2, 0.25) is 5.02 Å². The minimum atomic E-state index is -0.550. The molecule has 0 aromatic heterocycles. The largest absolute Gasteiger partial charge is 0.385 e. The fourth-order valence-corrected chi connectivity index (χ4v) is 1.92. The van der Waals surface area contributed by atoms with Crippen LogP contribution in [0.1, 0.15) is 12.8 Å². The number of nitrogens with one attached hydrogen (secondary N) is 1. The van der Waals surface area contributed by atoms with Crippen LogP contribution in [0, 0.1) is 0 Å². The topological polar surface area (TPSA) is 64.3 Å². The molecule has 0 saturated carbocycles. The van der Waals surface area contributed by atoms with Gasteiger partial charge in [-0.05, 0) is 47.0 Å². The predicted octanol–water partition coefficient (Wildman–Crippen LogP) is 2.79. The standard InChI is InChI=1S/C12H16BrClN2O2/c1-18-6-2-3-10(15)12(17)16-11-7-8(14)4-5-9(11)13/h4-5,7,10H,2-3,6,15H2,1H3,(H,16,17). The van der Waals surface area contributed by atoms with E-state index in [1.165, 1.54) is 0 Å². The third-order valence-corrected chi connectivity index (χ3v) is 3.31. The molecule has 3 N–H and O–H groups in total. The van der Waals surface area contributed by atoms with Crippen molar-refractivity contribution in [2.45, 2.75) is 18.9 Å². The number of anilines is 1. The molecule has 18 heavy (non-hydrogen) atoms. The number of benzene rings is 1. The zero-order chi connectivity index (χ0) is 13.5. The maximum absolute atomic E-state index is 11.8. The van der Waals surface area contributed by atoms with E-state index in [2.05, 4.69) is 21.2 Å². The first-order valence-corrected chi connectivity index (χ1v) is 6.72. The molecule has 0 fully saturated rings. The van der Waals surface area contributed by atoms with Crippen molar-refractivity contribution >= 4 is 39.1 Å². The molecule has 6 heteroatoms. The van der Waals surface area contributed by atoms with Crippen LogP contribution in [0.4, 0.5) is 5.69 Å². The fourth-order valence-electron chi connectivity index (χ4n) is 1.40. The minimum absolute atomic E-state index is 0.228. The lowest BCUT2D eigenvalue weighted by molar-refractivity contribution is -0.117. The van der Waals surface area contributed by atoms with Crippen molar-refractivity contribution < 1.29 is 9.53 Å². The number of rotatable bonds is 6. The highest BCUT2D eigenvalue weighted by Crippen LogP contribution is 2.25. The molecule has 0 aliphatic heterocycles. The molecule has 0 heterocycles. The van der Waals surface area contributed by atoms with Crippen LogP contribution in [-0.4, -0.2) is 25.7 Å². The summed E-state index contributed by atoms with van der Waals surface area (Å²) in [5.41, 5.74) is 6.40. The summed E-state index contributed by atoms with van der Waals surface area (Å²) >= 11 is 9.20. The third kappa shape index (κ3) is 4.94. The van der Waals surface area contributed by atoms with E-state index in [0.29, 0.717) is 23.7 Å². The fraction of sp³-hybridized carbons (Fsp3) is 0.417. The number of amides is 1. The van der Waals surface area contributed by atoms with Crippen molar-refractivity contribution in [2.24, 2.45) is 5.73 Å². The predicted molar refractivity (Wildman–Crippen MR) is 76.9 cm³/mol. The van der Waals surface area contributed by atoms with E-state index in [4.69, 9.17) is 22.1 Å². The van der Waals surface area contributed by atoms with E-state index in [9.17, 15) is 4.79 Å². The highest BCUT2D eigenvalue weighted by Gasteiger charge is 2.14. The molecule has 4 nitrogen and oxygen atoms in total. The number of methoxy groups -OCH3 is 1. The molecule has 1 atom stereocenters. The first-order chi connectivity index (χ1) is 8.54. The van der Waals surface area contributed by atoms with Gasteiger partial charge in [-0.3, -0.25) is 4.79 Å². The summed E-state index contributed by atoms with van der Waals surface area (Å²) in [6.45, 7) is 0.599. The Bertz CT molecular complexity index is 415. The van der Waals surface area contributed by atoms with E-state index >= 15 is 0 Å². The summed E-state index contributed by atoms with van der Waals surface area (Å²) < 4.78 is 5.68. The second-order valence-corrected chi connectivity index (χ2v) is 5.15. The van der Waals surface area contributed by atoms with Crippen LogP contribution in [-0.2, 0) is 9.53 Å². The molecule has 0 aliphatic carbocycles. The molecule has 0 radical (unpaired) electrons. The molecule has 1 amide bonds. The highest BCUT2D eigenvalue weighted by atomic mass is 79.9. The first kappa shape index (κ1) is 15.4. The summed E-state index contributed by atoms with van der Waals surface area (Å²) in [4.78, 5) is 11.8. The Balaban J connectivity index is 2.55. The number of carbonyl (C=O) groups is 1. The van der Waals surface area contributed by atoms with Crippen molar-refractivity contribution in [3.63, 3.8) is 0 Å². The summed E-state index contributed by atoms with van der Waals surface area (Å²) in [7, 11) is 1.62. The van der Waals surface area contributed by atoms with Crippen molar-refractivity contribution in [1.29, 1.82) is 0 Å². The Kier molecular flexibility index (Phi) is 6.63. The number of ether oxygens (including phenoxy) is 1.